The van der Waals surface area contributed by atoms with Gasteiger partial charge in [-0.2, -0.15) is 5.01 Å². The van der Waals surface area contributed by atoms with E-state index in [1.165, 1.54) is 0 Å². The fraction of sp³-hybridized carbons (Fsp3) is 0.765. The van der Waals surface area contributed by atoms with Gasteiger partial charge in [0.25, 0.3) is 5.91 Å². The van der Waals surface area contributed by atoms with Crippen molar-refractivity contribution in [1.29, 1.82) is 0 Å². The van der Waals surface area contributed by atoms with E-state index in [0.29, 0.717) is 30.5 Å². The van der Waals surface area contributed by atoms with Crippen LogP contribution < -0.4 is 10.7 Å². The van der Waals surface area contributed by atoms with E-state index in [0.717, 1.165) is 49.1 Å². The molecule has 3 aliphatic rings. The molecule has 3 fully saturated rings. The van der Waals surface area contributed by atoms with Crippen LogP contribution in [0.5, 0.6) is 0 Å². The second-order valence-corrected chi connectivity index (χ2v) is 8.88. The number of rotatable bonds is 6. The fourth-order valence-electron chi connectivity index (χ4n) is 4.00. The quantitative estimate of drug-likeness (QED) is 0.499. The van der Waals surface area contributed by atoms with Crippen molar-refractivity contribution >= 4 is 29.6 Å². The molecule has 12 heteroatoms. The molecule has 0 bridgehead atoms. The molecule has 158 valence electrons. The number of amides is 4. The third-order valence-electron chi connectivity index (χ3n) is 5.76. The largest absolute Gasteiger partial charge is 0.376 e. The first kappa shape index (κ1) is 20.1. The topological polar surface area (TPSA) is 131 Å². The molecule has 3 heterocycles. The Balaban J connectivity index is 1.31. The summed E-state index contributed by atoms with van der Waals surface area (Å²) in [5, 5.41) is 15.6. The Morgan fingerprint density at radius 2 is 2.14 bits per heavy atom. The zero-order chi connectivity index (χ0) is 20.4. The second-order valence-electron chi connectivity index (χ2n) is 7.94. The molecule has 2 saturated heterocycles. The van der Waals surface area contributed by atoms with Crippen molar-refractivity contribution in [2.45, 2.75) is 68.8 Å². The van der Waals surface area contributed by atoms with Gasteiger partial charge in [0.1, 0.15) is 5.54 Å². The Morgan fingerprint density at radius 3 is 2.86 bits per heavy atom. The highest BCUT2D eigenvalue weighted by molar-refractivity contribution is 7.99. The normalized spacial score (nSPS) is 29.5. The molecule has 29 heavy (non-hydrogen) atoms. The number of hydrogen-bond donors (Lipinski definition) is 2. The molecule has 4 amide bonds. The third kappa shape index (κ3) is 4.22. The van der Waals surface area contributed by atoms with Gasteiger partial charge < -0.3 is 10.1 Å². The molecule has 4 rings (SSSR count). The highest BCUT2D eigenvalue weighted by Crippen LogP contribution is 2.35. The molecule has 1 aromatic rings. The fourth-order valence-corrected chi connectivity index (χ4v) is 4.68. The maximum atomic E-state index is 12.8. The van der Waals surface area contributed by atoms with Gasteiger partial charge in [-0.3, -0.25) is 15.0 Å². The number of carbonyl (C=O) groups is 3. The standard InChI is InChI=1S/C17H25N7O4S/c1-11-4-6-17(7-5-11)14(26)24(15(27)18-17)20-13(25)10-29-16-19-21-22-23(16)9-12-3-2-8-28-12/h11-12H,2-10H2,1H3,(H,18,27)(H,20,25)/t11?,12-,17?/m1/s1. The highest BCUT2D eigenvalue weighted by Gasteiger charge is 2.52. The highest BCUT2D eigenvalue weighted by atomic mass is 32.2. The van der Waals surface area contributed by atoms with E-state index < -0.39 is 17.5 Å². The molecular weight excluding hydrogens is 398 g/mol. The van der Waals surface area contributed by atoms with Crippen molar-refractivity contribution in [1.82, 2.24) is 36.0 Å². The Labute approximate surface area is 172 Å². The van der Waals surface area contributed by atoms with Crippen LogP contribution in [0.25, 0.3) is 0 Å². The van der Waals surface area contributed by atoms with Crippen LogP contribution >= 0.6 is 11.8 Å². The Kier molecular flexibility index (Phi) is 5.72. The van der Waals surface area contributed by atoms with E-state index in [4.69, 9.17) is 4.74 Å². The van der Waals surface area contributed by atoms with Crippen LogP contribution in [0.1, 0.15) is 45.4 Å². The Hall–Kier alpha value is -2.21. The summed E-state index contributed by atoms with van der Waals surface area (Å²) in [6.07, 6.45) is 4.98. The molecule has 1 aromatic heterocycles. The molecule has 2 N–H and O–H groups in total. The van der Waals surface area contributed by atoms with Crippen LogP contribution in [0.4, 0.5) is 4.79 Å². The molecule has 1 aliphatic carbocycles. The third-order valence-corrected chi connectivity index (χ3v) is 6.72. The number of hydrogen-bond acceptors (Lipinski definition) is 8. The second kappa shape index (κ2) is 8.27. The molecule has 0 aromatic carbocycles. The van der Waals surface area contributed by atoms with E-state index in [1.54, 1.807) is 4.68 Å². The number of nitrogens with zero attached hydrogens (tertiary/aromatic N) is 5. The first-order chi connectivity index (χ1) is 14.0. The van der Waals surface area contributed by atoms with Crippen LogP contribution in [0.15, 0.2) is 5.16 Å². The Bertz CT molecular complexity index is 786. The molecule has 0 radical (unpaired) electrons. The number of carbonyl (C=O) groups excluding carboxylic acids is 3. The van der Waals surface area contributed by atoms with Crippen LogP contribution in [-0.2, 0) is 20.9 Å². The smallest absolute Gasteiger partial charge is 0.344 e. The monoisotopic (exact) mass is 423 g/mol. The summed E-state index contributed by atoms with van der Waals surface area (Å²) in [6, 6.07) is -0.578. The van der Waals surface area contributed by atoms with Crippen LogP contribution in [0.2, 0.25) is 0 Å². The van der Waals surface area contributed by atoms with Gasteiger partial charge in [-0.05, 0) is 54.9 Å². The minimum Gasteiger partial charge on any atom is -0.376 e. The molecule has 0 unspecified atom stereocenters. The average Bonchev–Trinajstić information content (AvgIpc) is 3.42. The minimum absolute atomic E-state index is 0.0208. The van der Waals surface area contributed by atoms with Gasteiger partial charge in [0.05, 0.1) is 18.4 Å². The maximum absolute atomic E-state index is 12.8. The summed E-state index contributed by atoms with van der Waals surface area (Å²) >= 11 is 1.15. The summed E-state index contributed by atoms with van der Waals surface area (Å²) in [5.74, 6) is -0.333. The van der Waals surface area contributed by atoms with Crippen molar-refractivity contribution in [3.63, 3.8) is 0 Å². The number of urea groups is 1. The minimum atomic E-state index is -0.880. The molecule has 11 nitrogen and oxygen atoms in total. The van der Waals surface area contributed by atoms with Gasteiger partial charge >= 0.3 is 6.03 Å². The lowest BCUT2D eigenvalue weighted by Gasteiger charge is -2.33. The number of ether oxygens (including phenoxy) is 1. The summed E-state index contributed by atoms with van der Waals surface area (Å²) < 4.78 is 7.20. The number of thioether (sulfide) groups is 1. The van der Waals surface area contributed by atoms with Crippen LogP contribution in [0.3, 0.4) is 0 Å². The summed E-state index contributed by atoms with van der Waals surface area (Å²) in [6.45, 7) is 3.41. The zero-order valence-electron chi connectivity index (χ0n) is 16.3. The number of imide groups is 1. The summed E-state index contributed by atoms with van der Waals surface area (Å²) in [7, 11) is 0. The lowest BCUT2D eigenvalue weighted by molar-refractivity contribution is -0.139. The van der Waals surface area contributed by atoms with E-state index >= 15 is 0 Å². The van der Waals surface area contributed by atoms with Gasteiger partial charge in [0, 0.05) is 6.61 Å². The molecule has 2 aliphatic heterocycles. The number of nitrogens with one attached hydrogen (secondary N) is 2. The van der Waals surface area contributed by atoms with Crippen molar-refractivity contribution < 1.29 is 19.1 Å². The van der Waals surface area contributed by atoms with Crippen LogP contribution in [-0.4, -0.2) is 67.1 Å². The SMILES string of the molecule is CC1CCC2(CC1)NC(=O)N(NC(=O)CSc1nnnn1C[C@H]1CCCO1)C2=O. The van der Waals surface area contributed by atoms with Gasteiger partial charge in [0.15, 0.2) is 0 Å². The van der Waals surface area contributed by atoms with E-state index in [-0.39, 0.29) is 17.8 Å². The number of aromatic nitrogens is 4. The van der Waals surface area contributed by atoms with Crippen LogP contribution in [0, 0.1) is 5.92 Å². The van der Waals surface area contributed by atoms with Gasteiger partial charge in [0.2, 0.25) is 11.1 Å². The van der Waals surface area contributed by atoms with E-state index in [2.05, 4.69) is 33.2 Å². The molecular formula is C17H25N7O4S. The molecule has 1 saturated carbocycles. The summed E-state index contributed by atoms with van der Waals surface area (Å²) in [5.41, 5.74) is 1.55. The predicted molar refractivity (Wildman–Crippen MR) is 101 cm³/mol. The van der Waals surface area contributed by atoms with Crippen molar-refractivity contribution in [2.75, 3.05) is 12.4 Å². The summed E-state index contributed by atoms with van der Waals surface area (Å²) in [4.78, 5) is 37.4. The van der Waals surface area contributed by atoms with Crippen molar-refractivity contribution in [3.8, 4) is 0 Å². The van der Waals surface area contributed by atoms with Gasteiger partial charge in [-0.25, -0.2) is 9.48 Å². The average molecular weight is 423 g/mol. The number of tetrazole rings is 1. The van der Waals surface area contributed by atoms with Crippen molar-refractivity contribution in [2.24, 2.45) is 5.92 Å². The van der Waals surface area contributed by atoms with Gasteiger partial charge in [-0.1, -0.05) is 18.7 Å². The van der Waals surface area contributed by atoms with E-state index in [9.17, 15) is 14.4 Å². The first-order valence-electron chi connectivity index (χ1n) is 9.93. The Morgan fingerprint density at radius 1 is 1.34 bits per heavy atom. The lowest BCUT2D eigenvalue weighted by Crippen LogP contribution is -2.51. The van der Waals surface area contributed by atoms with Gasteiger partial charge in [-0.15, -0.1) is 5.10 Å². The maximum Gasteiger partial charge on any atom is 0.344 e. The zero-order valence-corrected chi connectivity index (χ0v) is 17.1. The van der Waals surface area contributed by atoms with E-state index in [1.807, 2.05) is 0 Å². The number of hydrazine groups is 1. The molecule has 1 atom stereocenters. The lowest BCUT2D eigenvalue weighted by atomic mass is 9.77. The first-order valence-corrected chi connectivity index (χ1v) is 10.9. The van der Waals surface area contributed by atoms with Crippen molar-refractivity contribution in [3.05, 3.63) is 0 Å². The predicted octanol–water partition coefficient (Wildman–Crippen LogP) is 0.476. The molecule has 1 spiro atoms.